The molecule has 1 atom stereocenters. The molecule has 1 heterocycles. The topological polar surface area (TPSA) is 32.9 Å². The monoisotopic (exact) mass is 193 g/mol. The van der Waals surface area contributed by atoms with Crippen molar-refractivity contribution in [3.05, 3.63) is 30.0 Å². The molecule has 1 N–H and O–H groups in total. The molecule has 2 nitrogen and oxygen atoms in total. The number of nitrogens with one attached hydrogen (secondary N) is 1. The Bertz CT molecular complexity index is 473. The number of aryl methyl sites for hydroxylation is 1. The van der Waals surface area contributed by atoms with Crippen molar-refractivity contribution in [3.8, 4) is 0 Å². The lowest BCUT2D eigenvalue weighted by molar-refractivity contribution is 0.687. The molecule has 0 spiro atoms. The van der Waals surface area contributed by atoms with Gasteiger partial charge in [0.05, 0.1) is 15.7 Å². The normalized spacial score (nSPS) is 13.4. The number of hydrogen-bond acceptors (Lipinski definition) is 1. The summed E-state index contributed by atoms with van der Waals surface area (Å²) in [7, 11) is -0.912. The number of benzene rings is 1. The Morgan fingerprint density at radius 2 is 2.15 bits per heavy atom. The third kappa shape index (κ3) is 1.29. The minimum atomic E-state index is -0.912. The van der Waals surface area contributed by atoms with Crippen LogP contribution in [0.15, 0.2) is 29.3 Å². The van der Waals surface area contributed by atoms with Gasteiger partial charge < -0.3 is 4.98 Å². The van der Waals surface area contributed by atoms with E-state index in [1.807, 2.05) is 31.3 Å². The van der Waals surface area contributed by atoms with Crippen LogP contribution in [-0.4, -0.2) is 15.4 Å². The lowest BCUT2D eigenvalue weighted by atomic mass is 10.2. The van der Waals surface area contributed by atoms with E-state index in [2.05, 4.69) is 4.98 Å². The summed E-state index contributed by atoms with van der Waals surface area (Å²) in [5, 5.41) is 1.07. The highest BCUT2D eigenvalue weighted by molar-refractivity contribution is 7.84. The van der Waals surface area contributed by atoms with Crippen molar-refractivity contribution in [1.82, 2.24) is 4.98 Å². The predicted molar refractivity (Wildman–Crippen MR) is 55.4 cm³/mol. The summed E-state index contributed by atoms with van der Waals surface area (Å²) in [5.74, 6) is 0. The summed E-state index contributed by atoms with van der Waals surface area (Å²) in [5.41, 5.74) is 2.28. The van der Waals surface area contributed by atoms with Crippen LogP contribution in [-0.2, 0) is 10.8 Å². The third-order valence-electron chi connectivity index (χ3n) is 2.20. The van der Waals surface area contributed by atoms with Crippen molar-refractivity contribution in [2.45, 2.75) is 11.8 Å². The molecule has 1 unspecified atom stereocenters. The van der Waals surface area contributed by atoms with E-state index in [9.17, 15) is 4.21 Å². The second-order valence-corrected chi connectivity index (χ2v) is 4.45. The molecule has 0 radical (unpaired) electrons. The Kier molecular flexibility index (Phi) is 1.96. The van der Waals surface area contributed by atoms with Crippen molar-refractivity contribution in [2.75, 3.05) is 6.26 Å². The number of fused-ring (bicyclic) bond motifs is 1. The zero-order valence-corrected chi connectivity index (χ0v) is 8.44. The number of aromatic nitrogens is 1. The van der Waals surface area contributed by atoms with Gasteiger partial charge in [0.1, 0.15) is 0 Å². The molecule has 0 fully saturated rings. The minimum Gasteiger partial charge on any atom is -0.360 e. The third-order valence-corrected chi connectivity index (χ3v) is 3.15. The van der Waals surface area contributed by atoms with Gasteiger partial charge >= 0.3 is 0 Å². The Hall–Kier alpha value is -1.09. The first-order chi connectivity index (χ1) is 6.20. The molecule has 13 heavy (non-hydrogen) atoms. The number of aromatic amines is 1. The molecule has 2 aromatic rings. The molecular weight excluding hydrogens is 182 g/mol. The molecule has 3 heteroatoms. The summed E-state index contributed by atoms with van der Waals surface area (Å²) in [4.78, 5) is 4.03. The molecule has 0 saturated heterocycles. The van der Waals surface area contributed by atoms with Crippen molar-refractivity contribution < 1.29 is 4.21 Å². The molecule has 68 valence electrons. The van der Waals surface area contributed by atoms with Gasteiger partial charge in [-0.05, 0) is 12.5 Å². The molecule has 0 amide bonds. The number of H-pyrrole nitrogens is 1. The van der Waals surface area contributed by atoms with Gasteiger partial charge in [0.15, 0.2) is 0 Å². The van der Waals surface area contributed by atoms with Crippen LogP contribution in [0.1, 0.15) is 5.56 Å². The summed E-state index contributed by atoms with van der Waals surface area (Å²) < 4.78 is 11.3. The molecule has 0 aliphatic heterocycles. The van der Waals surface area contributed by atoms with Gasteiger partial charge in [0.2, 0.25) is 0 Å². The minimum absolute atomic E-state index is 0.888. The smallest absolute Gasteiger partial charge is 0.0638 e. The highest BCUT2D eigenvalue weighted by Crippen LogP contribution is 2.22. The van der Waals surface area contributed by atoms with Crippen molar-refractivity contribution >= 4 is 21.7 Å². The maximum atomic E-state index is 11.3. The SMILES string of the molecule is Cc1cccc2c(S(C)=O)c[nH]c12. The average Bonchev–Trinajstić information content (AvgIpc) is 2.48. The van der Waals surface area contributed by atoms with Gasteiger partial charge in [-0.1, -0.05) is 18.2 Å². The van der Waals surface area contributed by atoms with Crippen LogP contribution in [0.25, 0.3) is 10.9 Å². The van der Waals surface area contributed by atoms with Gasteiger partial charge in [-0.25, -0.2) is 0 Å². The fourth-order valence-electron chi connectivity index (χ4n) is 1.52. The highest BCUT2D eigenvalue weighted by Gasteiger charge is 2.06. The average molecular weight is 193 g/mol. The van der Waals surface area contributed by atoms with E-state index in [4.69, 9.17) is 0 Å². The van der Waals surface area contributed by atoms with Crippen LogP contribution in [0.5, 0.6) is 0 Å². The molecule has 2 rings (SSSR count). The summed E-state index contributed by atoms with van der Waals surface area (Å²) in [6.07, 6.45) is 3.53. The second-order valence-electron chi connectivity index (χ2n) is 3.10. The lowest BCUT2D eigenvalue weighted by Gasteiger charge is -1.95. The van der Waals surface area contributed by atoms with E-state index >= 15 is 0 Å². The van der Waals surface area contributed by atoms with Crippen LogP contribution in [0, 0.1) is 6.92 Å². The van der Waals surface area contributed by atoms with Crippen LogP contribution < -0.4 is 0 Å². The van der Waals surface area contributed by atoms with Crippen molar-refractivity contribution in [1.29, 1.82) is 0 Å². The quantitative estimate of drug-likeness (QED) is 0.740. The van der Waals surface area contributed by atoms with Gasteiger partial charge in [-0.2, -0.15) is 0 Å². The van der Waals surface area contributed by atoms with Gasteiger partial charge in [-0.15, -0.1) is 0 Å². The molecule has 0 aliphatic carbocycles. The Balaban J connectivity index is 2.83. The standard InChI is InChI=1S/C10H11NOS/c1-7-4-3-5-8-9(13(2)12)6-11-10(7)8/h3-6,11H,1-2H3. The zero-order valence-electron chi connectivity index (χ0n) is 7.63. The molecular formula is C10H11NOS. The van der Waals surface area contributed by atoms with Crippen molar-refractivity contribution in [3.63, 3.8) is 0 Å². The first-order valence-corrected chi connectivity index (χ1v) is 5.66. The summed E-state index contributed by atoms with van der Waals surface area (Å²) in [6.45, 7) is 2.04. The Morgan fingerprint density at radius 3 is 2.85 bits per heavy atom. The molecule has 0 saturated carbocycles. The van der Waals surface area contributed by atoms with Gasteiger partial charge in [0, 0.05) is 23.4 Å². The summed E-state index contributed by atoms with van der Waals surface area (Å²) >= 11 is 0. The zero-order chi connectivity index (χ0) is 9.42. The first kappa shape index (κ1) is 8.51. The molecule has 0 bridgehead atoms. The lowest BCUT2D eigenvalue weighted by Crippen LogP contribution is -1.83. The molecule has 1 aromatic heterocycles. The van der Waals surface area contributed by atoms with Gasteiger partial charge in [-0.3, -0.25) is 4.21 Å². The number of rotatable bonds is 1. The van der Waals surface area contributed by atoms with E-state index in [0.29, 0.717) is 0 Å². The molecule has 0 aliphatic rings. The molecule has 1 aromatic carbocycles. The first-order valence-electron chi connectivity index (χ1n) is 4.10. The van der Waals surface area contributed by atoms with Crippen LogP contribution in [0.3, 0.4) is 0 Å². The largest absolute Gasteiger partial charge is 0.360 e. The van der Waals surface area contributed by atoms with E-state index < -0.39 is 10.8 Å². The van der Waals surface area contributed by atoms with Gasteiger partial charge in [0.25, 0.3) is 0 Å². The number of para-hydroxylation sites is 1. The van der Waals surface area contributed by atoms with Crippen LogP contribution in [0.2, 0.25) is 0 Å². The predicted octanol–water partition coefficient (Wildman–Crippen LogP) is 2.21. The maximum Gasteiger partial charge on any atom is 0.0638 e. The van der Waals surface area contributed by atoms with E-state index in [0.717, 1.165) is 15.8 Å². The van der Waals surface area contributed by atoms with Crippen LogP contribution >= 0.6 is 0 Å². The Morgan fingerprint density at radius 1 is 1.38 bits per heavy atom. The fraction of sp³-hybridized carbons (Fsp3) is 0.200. The van der Waals surface area contributed by atoms with E-state index in [1.54, 1.807) is 6.26 Å². The van der Waals surface area contributed by atoms with Crippen LogP contribution in [0.4, 0.5) is 0 Å². The maximum absolute atomic E-state index is 11.3. The Labute approximate surface area is 79.4 Å². The summed E-state index contributed by atoms with van der Waals surface area (Å²) in [6, 6.07) is 6.03. The second kappa shape index (κ2) is 3.00. The van der Waals surface area contributed by atoms with E-state index in [-0.39, 0.29) is 0 Å². The number of hydrogen-bond donors (Lipinski definition) is 1. The van der Waals surface area contributed by atoms with Crippen molar-refractivity contribution in [2.24, 2.45) is 0 Å². The van der Waals surface area contributed by atoms with E-state index in [1.165, 1.54) is 5.56 Å². The fourth-order valence-corrected chi connectivity index (χ4v) is 2.22. The highest BCUT2D eigenvalue weighted by atomic mass is 32.2.